The van der Waals surface area contributed by atoms with Gasteiger partial charge in [0.2, 0.25) is 0 Å². The minimum atomic E-state index is -0.309. The molecule has 0 aliphatic carbocycles. The van der Waals surface area contributed by atoms with Crippen LogP contribution >= 0.6 is 15.9 Å². The summed E-state index contributed by atoms with van der Waals surface area (Å²) >= 11 is 3.19. The Morgan fingerprint density at radius 1 is 1.50 bits per heavy atom. The Morgan fingerprint density at radius 2 is 2.21 bits per heavy atom. The summed E-state index contributed by atoms with van der Waals surface area (Å²) in [4.78, 5) is 0. The third kappa shape index (κ3) is 3.50. The molecule has 0 atom stereocenters. The van der Waals surface area contributed by atoms with Crippen molar-refractivity contribution in [3.8, 4) is 5.75 Å². The molecule has 1 aromatic carbocycles. The molecule has 0 unspecified atom stereocenters. The molecule has 0 fully saturated rings. The van der Waals surface area contributed by atoms with E-state index in [0.717, 1.165) is 12.0 Å². The van der Waals surface area contributed by atoms with Gasteiger partial charge in [0.25, 0.3) is 0 Å². The van der Waals surface area contributed by atoms with E-state index in [-0.39, 0.29) is 5.82 Å². The maximum absolute atomic E-state index is 12.9. The van der Waals surface area contributed by atoms with Gasteiger partial charge in [0.15, 0.2) is 0 Å². The van der Waals surface area contributed by atoms with Crippen LogP contribution in [0.15, 0.2) is 34.8 Å². The van der Waals surface area contributed by atoms with E-state index in [2.05, 4.69) is 22.5 Å². The Kier molecular flexibility index (Phi) is 4.14. The van der Waals surface area contributed by atoms with Crippen molar-refractivity contribution in [3.05, 3.63) is 40.6 Å². The number of ether oxygens (including phenoxy) is 1. The summed E-state index contributed by atoms with van der Waals surface area (Å²) in [5.74, 6) is 0.211. The van der Waals surface area contributed by atoms with Gasteiger partial charge in [-0.05, 0) is 24.1 Å². The van der Waals surface area contributed by atoms with Gasteiger partial charge < -0.3 is 4.74 Å². The fourth-order valence-corrected chi connectivity index (χ4v) is 1.34. The maximum atomic E-state index is 12.9. The first-order valence-electron chi connectivity index (χ1n) is 4.37. The summed E-state index contributed by atoms with van der Waals surface area (Å²) in [6, 6.07) is 4.47. The summed E-state index contributed by atoms with van der Waals surface area (Å²) < 4.78 is 18.9. The molecule has 1 rings (SSSR count). The zero-order valence-corrected chi connectivity index (χ0v) is 9.60. The summed E-state index contributed by atoms with van der Waals surface area (Å²) in [5.41, 5.74) is 0.991. The van der Waals surface area contributed by atoms with Crippen molar-refractivity contribution >= 4 is 15.9 Å². The molecule has 1 aromatic rings. The molecule has 0 amide bonds. The van der Waals surface area contributed by atoms with Gasteiger partial charge in [-0.15, -0.1) is 0 Å². The lowest BCUT2D eigenvalue weighted by molar-refractivity contribution is 0.347. The molecule has 0 aliphatic rings. The van der Waals surface area contributed by atoms with Crippen LogP contribution in [0.25, 0.3) is 0 Å². The molecule has 3 heteroatoms. The fraction of sp³-hybridized carbons (Fsp3) is 0.273. The second-order valence-electron chi connectivity index (χ2n) is 3.00. The minimum absolute atomic E-state index is 0.309. The summed E-state index contributed by atoms with van der Waals surface area (Å²) in [7, 11) is 0. The van der Waals surface area contributed by atoms with Crippen molar-refractivity contribution in [2.75, 3.05) is 6.61 Å². The van der Waals surface area contributed by atoms with E-state index < -0.39 is 0 Å². The SMILES string of the molecule is C=C(CC)COc1cc(F)cc(Br)c1. The van der Waals surface area contributed by atoms with Crippen molar-refractivity contribution in [1.82, 2.24) is 0 Å². The molecule has 1 nitrogen and oxygen atoms in total. The van der Waals surface area contributed by atoms with Crippen molar-refractivity contribution in [3.63, 3.8) is 0 Å². The Morgan fingerprint density at radius 3 is 2.79 bits per heavy atom. The van der Waals surface area contributed by atoms with Gasteiger partial charge in [-0.2, -0.15) is 0 Å². The van der Waals surface area contributed by atoms with Crippen LogP contribution < -0.4 is 4.74 Å². The number of halogens is 2. The van der Waals surface area contributed by atoms with Crippen LogP contribution in [0.2, 0.25) is 0 Å². The van der Waals surface area contributed by atoms with E-state index in [0.29, 0.717) is 16.8 Å². The number of hydrogen-bond acceptors (Lipinski definition) is 1. The molecule has 0 radical (unpaired) electrons. The third-order valence-electron chi connectivity index (χ3n) is 1.78. The first-order chi connectivity index (χ1) is 6.61. The minimum Gasteiger partial charge on any atom is -0.489 e. The number of hydrogen-bond donors (Lipinski definition) is 0. The highest BCUT2D eigenvalue weighted by Gasteiger charge is 2.00. The first-order valence-corrected chi connectivity index (χ1v) is 5.16. The Bertz CT molecular complexity index is 316. The van der Waals surface area contributed by atoms with Crippen LogP contribution in [0, 0.1) is 5.82 Å². The van der Waals surface area contributed by atoms with Crippen LogP contribution in [0.1, 0.15) is 13.3 Å². The molecule has 0 heterocycles. The molecule has 0 spiro atoms. The van der Waals surface area contributed by atoms with E-state index in [1.54, 1.807) is 6.07 Å². The topological polar surface area (TPSA) is 9.23 Å². The van der Waals surface area contributed by atoms with Crippen LogP contribution in [0.5, 0.6) is 5.75 Å². The lowest BCUT2D eigenvalue weighted by Crippen LogP contribution is -1.99. The lowest BCUT2D eigenvalue weighted by Gasteiger charge is -2.07. The van der Waals surface area contributed by atoms with Crippen molar-refractivity contribution in [1.29, 1.82) is 0 Å². The molecule has 0 N–H and O–H groups in total. The van der Waals surface area contributed by atoms with E-state index in [1.807, 2.05) is 6.92 Å². The van der Waals surface area contributed by atoms with Gasteiger partial charge in [0.1, 0.15) is 18.2 Å². The second kappa shape index (κ2) is 5.15. The average molecular weight is 259 g/mol. The highest BCUT2D eigenvalue weighted by molar-refractivity contribution is 9.10. The molecule has 0 saturated carbocycles. The van der Waals surface area contributed by atoms with Gasteiger partial charge in [-0.1, -0.05) is 29.4 Å². The molecule has 0 aliphatic heterocycles. The van der Waals surface area contributed by atoms with Gasteiger partial charge in [0.05, 0.1) is 0 Å². The molecule has 76 valence electrons. The van der Waals surface area contributed by atoms with Crippen molar-refractivity contribution < 1.29 is 9.13 Å². The van der Waals surface area contributed by atoms with Gasteiger partial charge in [-0.3, -0.25) is 0 Å². The summed E-state index contributed by atoms with van der Waals surface area (Å²) in [5, 5.41) is 0. The largest absolute Gasteiger partial charge is 0.489 e. The summed E-state index contributed by atoms with van der Waals surface area (Å²) in [6.45, 7) is 6.25. The van der Waals surface area contributed by atoms with Gasteiger partial charge >= 0.3 is 0 Å². The van der Waals surface area contributed by atoms with Crippen LogP contribution in [0.4, 0.5) is 4.39 Å². The van der Waals surface area contributed by atoms with Crippen LogP contribution in [-0.2, 0) is 0 Å². The quantitative estimate of drug-likeness (QED) is 0.744. The van der Waals surface area contributed by atoms with Crippen molar-refractivity contribution in [2.24, 2.45) is 0 Å². The van der Waals surface area contributed by atoms with Crippen molar-refractivity contribution in [2.45, 2.75) is 13.3 Å². The van der Waals surface area contributed by atoms with Crippen LogP contribution in [-0.4, -0.2) is 6.61 Å². The second-order valence-corrected chi connectivity index (χ2v) is 3.91. The lowest BCUT2D eigenvalue weighted by atomic mass is 10.2. The van der Waals surface area contributed by atoms with E-state index in [4.69, 9.17) is 4.74 Å². The Labute approximate surface area is 91.7 Å². The van der Waals surface area contributed by atoms with E-state index in [1.165, 1.54) is 12.1 Å². The van der Waals surface area contributed by atoms with Gasteiger partial charge in [0, 0.05) is 10.5 Å². The average Bonchev–Trinajstić information content (AvgIpc) is 2.12. The Hall–Kier alpha value is -0.830. The summed E-state index contributed by atoms with van der Waals surface area (Å²) in [6.07, 6.45) is 0.872. The highest BCUT2D eigenvalue weighted by atomic mass is 79.9. The van der Waals surface area contributed by atoms with E-state index >= 15 is 0 Å². The predicted octanol–water partition coefficient (Wildman–Crippen LogP) is 3.93. The van der Waals surface area contributed by atoms with Gasteiger partial charge in [-0.25, -0.2) is 4.39 Å². The predicted molar refractivity (Wildman–Crippen MR) is 59.0 cm³/mol. The molecular weight excluding hydrogens is 247 g/mol. The maximum Gasteiger partial charge on any atom is 0.128 e. The molecule has 0 bridgehead atoms. The molecule has 0 saturated heterocycles. The first kappa shape index (κ1) is 11.2. The van der Waals surface area contributed by atoms with E-state index in [9.17, 15) is 4.39 Å². The normalized spacial score (nSPS) is 9.93. The molecule has 14 heavy (non-hydrogen) atoms. The Balaban J connectivity index is 2.63. The van der Waals surface area contributed by atoms with Crippen LogP contribution in [0.3, 0.4) is 0 Å². The standard InChI is InChI=1S/C11H12BrFO/c1-3-8(2)7-14-11-5-9(12)4-10(13)6-11/h4-6H,2-3,7H2,1H3. The third-order valence-corrected chi connectivity index (χ3v) is 2.24. The fourth-order valence-electron chi connectivity index (χ4n) is 0.899. The smallest absolute Gasteiger partial charge is 0.128 e. The highest BCUT2D eigenvalue weighted by Crippen LogP contribution is 2.20. The zero-order chi connectivity index (χ0) is 10.6. The molecular formula is C11H12BrFO. The number of rotatable bonds is 4. The molecule has 0 aromatic heterocycles. The zero-order valence-electron chi connectivity index (χ0n) is 8.02. The monoisotopic (exact) mass is 258 g/mol. The number of benzene rings is 1.